The Morgan fingerprint density at radius 1 is 0.654 bits per heavy atom. The van der Waals surface area contributed by atoms with Gasteiger partial charge in [-0.2, -0.15) is 0 Å². The highest BCUT2D eigenvalue weighted by atomic mass is 19.1. The molecule has 0 saturated carbocycles. The molecule has 0 bridgehead atoms. The molecule has 0 saturated heterocycles. The van der Waals surface area contributed by atoms with E-state index in [9.17, 15) is 8.78 Å². The number of H-pyrrole nitrogens is 2. The van der Waals surface area contributed by atoms with Crippen LogP contribution in [0.4, 0.5) is 8.78 Å². The molecule has 26 heavy (non-hydrogen) atoms. The third-order valence-electron chi connectivity index (χ3n) is 5.84. The van der Waals surface area contributed by atoms with E-state index in [4.69, 9.17) is 0 Å². The van der Waals surface area contributed by atoms with Crippen molar-refractivity contribution in [1.82, 2.24) is 9.97 Å². The van der Waals surface area contributed by atoms with Crippen molar-refractivity contribution < 1.29 is 8.78 Å². The molecule has 0 fully saturated rings. The highest BCUT2D eigenvalue weighted by molar-refractivity contribution is 6.26. The Labute approximate surface area is 147 Å². The minimum atomic E-state index is -0.243. The minimum absolute atomic E-state index is 0.241. The van der Waals surface area contributed by atoms with Crippen molar-refractivity contribution in [2.24, 2.45) is 0 Å². The summed E-state index contributed by atoms with van der Waals surface area (Å²) in [5.41, 5.74) is 6.44. The number of fused-ring (bicyclic) bond motifs is 10. The van der Waals surface area contributed by atoms with Crippen LogP contribution in [0, 0.1) is 11.6 Å². The number of hydrogen-bond acceptors (Lipinski definition) is 0. The molecule has 0 atom stereocenters. The number of rotatable bonds is 0. The Bertz CT molecular complexity index is 1360. The highest BCUT2D eigenvalue weighted by Crippen LogP contribution is 2.43. The van der Waals surface area contributed by atoms with E-state index in [1.54, 1.807) is 12.1 Å². The maximum Gasteiger partial charge on any atom is 0.125 e. The van der Waals surface area contributed by atoms with Crippen LogP contribution in [0.5, 0.6) is 0 Å². The second-order valence-electron chi connectivity index (χ2n) is 7.29. The largest absolute Gasteiger partial charge is 0.354 e. The molecule has 5 aromatic rings. The van der Waals surface area contributed by atoms with Gasteiger partial charge in [-0.25, -0.2) is 8.78 Å². The van der Waals surface area contributed by atoms with Gasteiger partial charge in [0.2, 0.25) is 0 Å². The quantitative estimate of drug-likeness (QED) is 0.339. The predicted molar refractivity (Wildman–Crippen MR) is 102 cm³/mol. The van der Waals surface area contributed by atoms with E-state index in [-0.39, 0.29) is 11.6 Å². The molecule has 128 valence electrons. The summed E-state index contributed by atoms with van der Waals surface area (Å²) in [6.45, 7) is 0. The molecule has 6 rings (SSSR count). The fourth-order valence-electron chi connectivity index (χ4n) is 4.78. The normalized spacial score (nSPS) is 14.7. The molecule has 2 aromatic heterocycles. The monoisotopic (exact) mass is 346 g/mol. The number of halogens is 2. The van der Waals surface area contributed by atoms with Crippen LogP contribution in [0.25, 0.3) is 43.6 Å². The summed E-state index contributed by atoms with van der Waals surface area (Å²) in [6.07, 6.45) is 4.37. The first kappa shape index (κ1) is 14.3. The van der Waals surface area contributed by atoms with Crippen molar-refractivity contribution in [3.05, 3.63) is 59.2 Å². The third kappa shape index (κ3) is 1.74. The van der Waals surface area contributed by atoms with E-state index in [0.29, 0.717) is 0 Å². The maximum atomic E-state index is 13.8. The molecule has 2 heterocycles. The van der Waals surface area contributed by atoms with Gasteiger partial charge in [-0.3, -0.25) is 0 Å². The van der Waals surface area contributed by atoms with E-state index >= 15 is 0 Å². The average molecular weight is 346 g/mol. The van der Waals surface area contributed by atoms with Gasteiger partial charge in [0.1, 0.15) is 11.6 Å². The standard InChI is InChI=1S/C22H16F2N2/c23-11-5-7-15-17(9-11)26-22-19(15)13-3-1-2-4-14(13)21-20(22)16-8-6-12(24)10-18(16)25-21/h5-10,25-26H,1-4H2. The fourth-order valence-corrected chi connectivity index (χ4v) is 4.78. The summed E-state index contributed by atoms with van der Waals surface area (Å²) in [4.78, 5) is 6.91. The summed E-state index contributed by atoms with van der Waals surface area (Å²) < 4.78 is 27.5. The van der Waals surface area contributed by atoms with Crippen LogP contribution in [-0.4, -0.2) is 9.97 Å². The second kappa shape index (κ2) is 4.85. The van der Waals surface area contributed by atoms with Gasteiger partial charge in [0, 0.05) is 32.6 Å². The molecule has 0 spiro atoms. The van der Waals surface area contributed by atoms with E-state index in [1.807, 2.05) is 12.1 Å². The van der Waals surface area contributed by atoms with Crippen molar-refractivity contribution in [3.8, 4) is 0 Å². The number of nitrogens with one attached hydrogen (secondary N) is 2. The Kier molecular flexibility index (Phi) is 2.67. The molecule has 0 radical (unpaired) electrons. The van der Waals surface area contributed by atoms with Crippen LogP contribution in [0.1, 0.15) is 24.0 Å². The zero-order valence-corrected chi connectivity index (χ0v) is 14.0. The molecular formula is C22H16F2N2. The van der Waals surface area contributed by atoms with Gasteiger partial charge >= 0.3 is 0 Å². The first-order chi connectivity index (χ1) is 12.7. The van der Waals surface area contributed by atoms with Crippen molar-refractivity contribution >= 4 is 43.6 Å². The smallest absolute Gasteiger partial charge is 0.125 e. The van der Waals surface area contributed by atoms with Crippen molar-refractivity contribution in [1.29, 1.82) is 0 Å². The number of aromatic amines is 2. The highest BCUT2D eigenvalue weighted by Gasteiger charge is 2.23. The van der Waals surface area contributed by atoms with Gasteiger partial charge in [0.15, 0.2) is 0 Å². The van der Waals surface area contributed by atoms with Gasteiger partial charge in [0.05, 0.1) is 11.0 Å². The first-order valence-electron chi connectivity index (χ1n) is 9.06. The van der Waals surface area contributed by atoms with E-state index in [0.717, 1.165) is 63.9 Å². The molecule has 2 nitrogen and oxygen atoms in total. The van der Waals surface area contributed by atoms with Gasteiger partial charge in [-0.1, -0.05) is 0 Å². The summed E-state index contributed by atoms with van der Waals surface area (Å²) >= 11 is 0. The first-order valence-corrected chi connectivity index (χ1v) is 9.06. The van der Waals surface area contributed by atoms with Gasteiger partial charge in [-0.15, -0.1) is 0 Å². The molecule has 0 unspecified atom stereocenters. The average Bonchev–Trinajstić information content (AvgIpc) is 3.19. The minimum Gasteiger partial charge on any atom is -0.354 e. The summed E-state index contributed by atoms with van der Waals surface area (Å²) in [7, 11) is 0. The number of aromatic nitrogens is 2. The number of aryl methyl sites for hydroxylation is 2. The van der Waals surface area contributed by atoms with Crippen LogP contribution >= 0.6 is 0 Å². The van der Waals surface area contributed by atoms with Crippen molar-refractivity contribution in [2.75, 3.05) is 0 Å². The molecule has 1 aliphatic rings. The van der Waals surface area contributed by atoms with Crippen LogP contribution < -0.4 is 0 Å². The van der Waals surface area contributed by atoms with Crippen LogP contribution in [0.3, 0.4) is 0 Å². The number of benzene rings is 3. The molecule has 3 aromatic carbocycles. The molecule has 0 aliphatic heterocycles. The van der Waals surface area contributed by atoms with Gasteiger partial charge in [0.25, 0.3) is 0 Å². The van der Waals surface area contributed by atoms with E-state index < -0.39 is 0 Å². The zero-order chi connectivity index (χ0) is 17.4. The second-order valence-corrected chi connectivity index (χ2v) is 7.29. The Morgan fingerprint density at radius 2 is 1.23 bits per heavy atom. The van der Waals surface area contributed by atoms with Crippen LogP contribution in [0.15, 0.2) is 36.4 Å². The van der Waals surface area contributed by atoms with Gasteiger partial charge in [-0.05, 0) is 73.2 Å². The lowest BCUT2D eigenvalue weighted by molar-refractivity contribution is 0.629. The van der Waals surface area contributed by atoms with E-state index in [2.05, 4.69) is 9.97 Å². The Morgan fingerprint density at radius 3 is 1.92 bits per heavy atom. The van der Waals surface area contributed by atoms with Crippen LogP contribution in [-0.2, 0) is 12.8 Å². The third-order valence-corrected chi connectivity index (χ3v) is 5.84. The lowest BCUT2D eigenvalue weighted by Crippen LogP contribution is -2.04. The maximum absolute atomic E-state index is 13.8. The number of hydrogen-bond donors (Lipinski definition) is 2. The topological polar surface area (TPSA) is 31.6 Å². The lowest BCUT2D eigenvalue weighted by Gasteiger charge is -2.18. The Hall–Kier alpha value is -2.88. The van der Waals surface area contributed by atoms with E-state index in [1.165, 1.54) is 28.6 Å². The Balaban J connectivity index is 1.93. The molecule has 2 N–H and O–H groups in total. The predicted octanol–water partition coefficient (Wildman–Crippen LogP) is 6.11. The molecule has 0 amide bonds. The summed E-state index contributed by atoms with van der Waals surface area (Å²) in [6, 6.07) is 9.86. The van der Waals surface area contributed by atoms with Crippen molar-refractivity contribution in [2.45, 2.75) is 25.7 Å². The molecular weight excluding hydrogens is 330 g/mol. The van der Waals surface area contributed by atoms with Crippen molar-refractivity contribution in [3.63, 3.8) is 0 Å². The lowest BCUT2D eigenvalue weighted by atomic mass is 9.86. The fraction of sp³-hybridized carbons (Fsp3) is 0.182. The summed E-state index contributed by atoms with van der Waals surface area (Å²) in [5, 5.41) is 4.37. The zero-order valence-electron chi connectivity index (χ0n) is 14.0. The summed E-state index contributed by atoms with van der Waals surface area (Å²) in [5.74, 6) is -0.483. The van der Waals surface area contributed by atoms with Gasteiger partial charge < -0.3 is 9.97 Å². The molecule has 1 aliphatic carbocycles. The van der Waals surface area contributed by atoms with Crippen LogP contribution in [0.2, 0.25) is 0 Å². The SMILES string of the molecule is Fc1ccc2c(c1)[nH]c1c2c2c(c3[nH]c4cc(F)ccc4c31)CCCC2. The molecule has 4 heteroatoms.